The van der Waals surface area contributed by atoms with Crippen LogP contribution in [-0.2, 0) is 34.0 Å². The first-order chi connectivity index (χ1) is 14.4. The molecule has 0 unspecified atom stereocenters. The van der Waals surface area contributed by atoms with Crippen LogP contribution in [0.3, 0.4) is 0 Å². The van der Waals surface area contributed by atoms with Crippen molar-refractivity contribution >= 4 is 23.6 Å². The molecular formula is C22H24N2O6. The van der Waals surface area contributed by atoms with E-state index in [0.29, 0.717) is 17.7 Å². The van der Waals surface area contributed by atoms with Gasteiger partial charge in [-0.1, -0.05) is 44.2 Å². The Balaban J connectivity index is 2.24. The van der Waals surface area contributed by atoms with E-state index in [1.165, 1.54) is 13.0 Å². The number of hydrogen-bond donors (Lipinski definition) is 2. The molecule has 0 bridgehead atoms. The van der Waals surface area contributed by atoms with Crippen LogP contribution in [-0.4, -0.2) is 31.1 Å². The fourth-order valence-electron chi connectivity index (χ4n) is 3.72. The van der Waals surface area contributed by atoms with Gasteiger partial charge in [0.05, 0.1) is 6.61 Å². The van der Waals surface area contributed by atoms with E-state index in [-0.39, 0.29) is 35.9 Å². The zero-order valence-corrected chi connectivity index (χ0v) is 16.9. The predicted octanol–water partition coefficient (Wildman–Crippen LogP) is 2.42. The van der Waals surface area contributed by atoms with Gasteiger partial charge in [0.15, 0.2) is 5.41 Å². The lowest BCUT2D eigenvalue weighted by atomic mass is 9.67. The molecule has 3 rings (SSSR count). The number of nitrogens with one attached hydrogen (secondary N) is 1. The maximum absolute atomic E-state index is 13.3. The molecule has 2 aliphatic heterocycles. The normalized spacial score (nSPS) is 19.9. The Morgan fingerprint density at radius 1 is 1.23 bits per heavy atom. The van der Waals surface area contributed by atoms with E-state index >= 15 is 0 Å². The molecule has 1 aromatic carbocycles. The second-order valence-corrected chi connectivity index (χ2v) is 6.91. The number of fused-ring (bicyclic) bond motifs is 2. The summed E-state index contributed by atoms with van der Waals surface area (Å²) in [5.74, 6) is -2.47. The maximum Gasteiger partial charge on any atom is 0.339 e. The monoisotopic (exact) mass is 412 g/mol. The van der Waals surface area contributed by atoms with E-state index in [9.17, 15) is 14.4 Å². The Bertz CT molecular complexity index is 978. The third kappa shape index (κ3) is 3.24. The van der Waals surface area contributed by atoms with E-state index in [2.05, 4.69) is 11.9 Å². The van der Waals surface area contributed by atoms with Crippen LogP contribution in [0.1, 0.15) is 32.3 Å². The van der Waals surface area contributed by atoms with Crippen molar-refractivity contribution in [3.8, 4) is 0 Å². The van der Waals surface area contributed by atoms with Crippen LogP contribution in [0.2, 0.25) is 0 Å². The fourth-order valence-corrected chi connectivity index (χ4v) is 3.72. The standard InChI is InChI=1S/C22H24N2O6/c1-4-6-12-29-20(26)17-18(23)24-15-10-8-7-9-14(15)22(17)16(13(3)30-21(22)27)19(25)28-11-5-2/h5,7-10,24H,2,4,6,11-12,23H2,1,3H3/t22-/m1/s1. The van der Waals surface area contributed by atoms with Gasteiger partial charge in [-0.15, -0.1) is 0 Å². The molecule has 0 amide bonds. The average Bonchev–Trinajstić information content (AvgIpc) is 2.96. The van der Waals surface area contributed by atoms with E-state index < -0.39 is 23.3 Å². The smallest absolute Gasteiger partial charge is 0.339 e. The van der Waals surface area contributed by atoms with E-state index in [1.807, 2.05) is 6.92 Å². The van der Waals surface area contributed by atoms with Gasteiger partial charge in [0.25, 0.3) is 0 Å². The second kappa shape index (κ2) is 8.44. The van der Waals surface area contributed by atoms with E-state index in [0.717, 1.165) is 6.42 Å². The van der Waals surface area contributed by atoms with Crippen molar-refractivity contribution in [1.29, 1.82) is 0 Å². The zero-order chi connectivity index (χ0) is 21.9. The summed E-state index contributed by atoms with van der Waals surface area (Å²) in [5, 5.41) is 2.93. The summed E-state index contributed by atoms with van der Waals surface area (Å²) < 4.78 is 16.0. The molecule has 2 heterocycles. The lowest BCUT2D eigenvalue weighted by molar-refractivity contribution is -0.147. The maximum atomic E-state index is 13.3. The third-order valence-corrected chi connectivity index (χ3v) is 5.00. The Labute approximate surface area is 174 Å². The SMILES string of the molecule is C=CCOC(=O)C1=C(C)OC(=O)[C@@]12C(C(=O)OCCCC)=C(N)Nc1ccccc12. The zero-order valence-electron chi connectivity index (χ0n) is 16.9. The number of carbonyl (C=O) groups excluding carboxylic acids is 3. The van der Waals surface area contributed by atoms with Gasteiger partial charge < -0.3 is 25.3 Å². The average molecular weight is 412 g/mol. The molecule has 2 aliphatic rings. The van der Waals surface area contributed by atoms with Crippen LogP contribution < -0.4 is 11.1 Å². The molecule has 0 fully saturated rings. The highest BCUT2D eigenvalue weighted by atomic mass is 16.6. The molecule has 0 saturated carbocycles. The van der Waals surface area contributed by atoms with Gasteiger partial charge in [0.2, 0.25) is 0 Å². The largest absolute Gasteiger partial charge is 0.462 e. The first-order valence-corrected chi connectivity index (χ1v) is 9.65. The summed E-state index contributed by atoms with van der Waals surface area (Å²) in [6.07, 6.45) is 2.86. The number of hydrogen-bond acceptors (Lipinski definition) is 8. The summed E-state index contributed by atoms with van der Waals surface area (Å²) in [6.45, 7) is 7.03. The Hall–Kier alpha value is -3.55. The summed E-state index contributed by atoms with van der Waals surface area (Å²) in [4.78, 5) is 39.4. The van der Waals surface area contributed by atoms with Crippen molar-refractivity contribution in [3.63, 3.8) is 0 Å². The highest BCUT2D eigenvalue weighted by molar-refractivity contribution is 6.15. The lowest BCUT2D eigenvalue weighted by Gasteiger charge is -2.35. The van der Waals surface area contributed by atoms with Crippen LogP contribution in [0.5, 0.6) is 0 Å². The lowest BCUT2D eigenvalue weighted by Crippen LogP contribution is -2.47. The molecular weight excluding hydrogens is 388 g/mol. The number of rotatable bonds is 7. The number of carbonyl (C=O) groups is 3. The van der Waals surface area contributed by atoms with Gasteiger partial charge in [-0.05, 0) is 19.4 Å². The van der Waals surface area contributed by atoms with Crippen LogP contribution >= 0.6 is 0 Å². The van der Waals surface area contributed by atoms with Gasteiger partial charge in [-0.3, -0.25) is 0 Å². The number of ether oxygens (including phenoxy) is 3. The molecule has 0 aromatic heterocycles. The van der Waals surface area contributed by atoms with E-state index in [4.69, 9.17) is 19.9 Å². The van der Waals surface area contributed by atoms with Crippen LogP contribution in [0.4, 0.5) is 5.69 Å². The number of benzene rings is 1. The molecule has 0 aliphatic carbocycles. The van der Waals surface area contributed by atoms with Crippen LogP contribution in [0.15, 0.2) is 59.6 Å². The minimum Gasteiger partial charge on any atom is -0.462 e. The van der Waals surface area contributed by atoms with Crippen molar-refractivity contribution in [2.24, 2.45) is 5.73 Å². The van der Waals surface area contributed by atoms with Crippen molar-refractivity contribution < 1.29 is 28.6 Å². The van der Waals surface area contributed by atoms with Crippen LogP contribution in [0, 0.1) is 0 Å². The topological polar surface area (TPSA) is 117 Å². The first-order valence-electron chi connectivity index (χ1n) is 9.65. The minimum atomic E-state index is -1.89. The van der Waals surface area contributed by atoms with Gasteiger partial charge in [-0.2, -0.15) is 0 Å². The molecule has 8 nitrogen and oxygen atoms in total. The summed E-state index contributed by atoms with van der Waals surface area (Å²) in [6, 6.07) is 6.76. The number of anilines is 1. The third-order valence-electron chi connectivity index (χ3n) is 5.00. The Morgan fingerprint density at radius 3 is 2.63 bits per heavy atom. The molecule has 158 valence electrons. The highest BCUT2D eigenvalue weighted by Crippen LogP contribution is 2.52. The van der Waals surface area contributed by atoms with Gasteiger partial charge in [0, 0.05) is 11.3 Å². The second-order valence-electron chi connectivity index (χ2n) is 6.91. The number of para-hydroxylation sites is 1. The molecule has 0 radical (unpaired) electrons. The van der Waals surface area contributed by atoms with Gasteiger partial charge in [-0.25, -0.2) is 14.4 Å². The van der Waals surface area contributed by atoms with Crippen molar-refractivity contribution in [1.82, 2.24) is 0 Å². The highest BCUT2D eigenvalue weighted by Gasteiger charge is 2.62. The number of cyclic esters (lactones) is 1. The number of nitrogens with two attached hydrogens (primary N) is 1. The molecule has 1 aromatic rings. The van der Waals surface area contributed by atoms with Crippen molar-refractivity contribution in [2.45, 2.75) is 32.1 Å². The Morgan fingerprint density at radius 2 is 1.93 bits per heavy atom. The fraction of sp³-hybridized carbons (Fsp3) is 0.318. The number of allylic oxidation sites excluding steroid dienone is 1. The molecule has 0 saturated heterocycles. The Kier molecular flexibility index (Phi) is 5.96. The summed E-state index contributed by atoms with van der Waals surface area (Å²) >= 11 is 0. The number of esters is 3. The predicted molar refractivity (Wildman–Crippen MR) is 109 cm³/mol. The molecule has 1 spiro atoms. The molecule has 30 heavy (non-hydrogen) atoms. The molecule has 1 atom stereocenters. The van der Waals surface area contributed by atoms with Crippen LogP contribution in [0.25, 0.3) is 0 Å². The summed E-state index contributed by atoms with van der Waals surface area (Å²) in [7, 11) is 0. The minimum absolute atomic E-state index is 0.0393. The van der Waals surface area contributed by atoms with Gasteiger partial charge >= 0.3 is 17.9 Å². The van der Waals surface area contributed by atoms with E-state index in [1.54, 1.807) is 24.3 Å². The number of unbranched alkanes of at least 4 members (excludes halogenated alkanes) is 1. The first kappa shape index (κ1) is 21.2. The van der Waals surface area contributed by atoms with Crippen molar-refractivity contribution in [2.75, 3.05) is 18.5 Å². The van der Waals surface area contributed by atoms with Gasteiger partial charge in [0.1, 0.15) is 29.3 Å². The summed E-state index contributed by atoms with van der Waals surface area (Å²) in [5.41, 5.74) is 4.84. The quantitative estimate of drug-likeness (QED) is 0.304. The van der Waals surface area contributed by atoms with Crippen molar-refractivity contribution in [3.05, 3.63) is 65.2 Å². The molecule has 3 N–H and O–H groups in total. The molecule has 8 heteroatoms.